The SMILES string of the molecule is CCc1cccc(OC2CN(C(=O)NCc3ccc4c(c3)nc(C)n4C)C2)c1. The van der Waals surface area contributed by atoms with Gasteiger partial charge < -0.3 is 19.5 Å². The molecule has 6 nitrogen and oxygen atoms in total. The van der Waals surface area contributed by atoms with Gasteiger partial charge in [-0.3, -0.25) is 0 Å². The molecule has 0 saturated carbocycles. The van der Waals surface area contributed by atoms with Crippen LogP contribution in [0.25, 0.3) is 11.0 Å². The number of ether oxygens (including phenoxy) is 1. The Morgan fingerprint density at radius 1 is 1.21 bits per heavy atom. The molecule has 0 bridgehead atoms. The largest absolute Gasteiger partial charge is 0.487 e. The maximum Gasteiger partial charge on any atom is 0.317 e. The highest BCUT2D eigenvalue weighted by molar-refractivity contribution is 5.78. The fraction of sp³-hybridized carbons (Fsp3) is 0.364. The molecule has 0 unspecified atom stereocenters. The van der Waals surface area contributed by atoms with Gasteiger partial charge in [0.1, 0.15) is 17.7 Å². The van der Waals surface area contributed by atoms with Gasteiger partial charge in [-0.15, -0.1) is 0 Å². The number of imidazole rings is 1. The van der Waals surface area contributed by atoms with Crippen molar-refractivity contribution in [1.82, 2.24) is 19.8 Å². The van der Waals surface area contributed by atoms with Gasteiger partial charge in [0.05, 0.1) is 24.1 Å². The topological polar surface area (TPSA) is 59.4 Å². The predicted molar refractivity (Wildman–Crippen MR) is 109 cm³/mol. The van der Waals surface area contributed by atoms with E-state index in [0.29, 0.717) is 19.6 Å². The van der Waals surface area contributed by atoms with E-state index in [4.69, 9.17) is 4.74 Å². The zero-order chi connectivity index (χ0) is 19.7. The first-order chi connectivity index (χ1) is 13.5. The third-order valence-corrected chi connectivity index (χ3v) is 5.36. The summed E-state index contributed by atoms with van der Waals surface area (Å²) in [6.07, 6.45) is 1.05. The zero-order valence-corrected chi connectivity index (χ0v) is 16.6. The molecule has 0 aliphatic carbocycles. The number of nitrogens with one attached hydrogen (secondary N) is 1. The van der Waals surface area contributed by atoms with Crippen LogP contribution in [-0.4, -0.2) is 39.7 Å². The van der Waals surface area contributed by atoms with Crippen molar-refractivity contribution in [2.24, 2.45) is 7.05 Å². The van der Waals surface area contributed by atoms with E-state index in [1.807, 2.05) is 38.2 Å². The van der Waals surface area contributed by atoms with Gasteiger partial charge in [0.25, 0.3) is 0 Å². The molecule has 3 aromatic rings. The van der Waals surface area contributed by atoms with Crippen LogP contribution >= 0.6 is 0 Å². The quantitative estimate of drug-likeness (QED) is 0.740. The number of likely N-dealkylation sites (tertiary alicyclic amines) is 1. The molecular formula is C22H26N4O2. The first kappa shape index (κ1) is 18.3. The van der Waals surface area contributed by atoms with Gasteiger partial charge in [-0.2, -0.15) is 0 Å². The van der Waals surface area contributed by atoms with Crippen molar-refractivity contribution >= 4 is 17.1 Å². The second kappa shape index (κ2) is 7.54. The fourth-order valence-corrected chi connectivity index (χ4v) is 3.47. The highest BCUT2D eigenvalue weighted by Gasteiger charge is 2.32. The lowest BCUT2D eigenvalue weighted by Gasteiger charge is -2.38. The first-order valence-electron chi connectivity index (χ1n) is 9.74. The smallest absolute Gasteiger partial charge is 0.317 e. The van der Waals surface area contributed by atoms with Crippen LogP contribution in [0.15, 0.2) is 42.5 Å². The summed E-state index contributed by atoms with van der Waals surface area (Å²) >= 11 is 0. The molecule has 2 amide bonds. The van der Waals surface area contributed by atoms with Gasteiger partial charge in [-0.1, -0.05) is 25.1 Å². The molecule has 1 N–H and O–H groups in total. The van der Waals surface area contributed by atoms with Crippen LogP contribution < -0.4 is 10.1 Å². The summed E-state index contributed by atoms with van der Waals surface area (Å²) in [7, 11) is 2.01. The van der Waals surface area contributed by atoms with E-state index in [1.54, 1.807) is 4.90 Å². The number of amides is 2. The highest BCUT2D eigenvalue weighted by Crippen LogP contribution is 2.20. The number of benzene rings is 2. The van der Waals surface area contributed by atoms with Gasteiger partial charge in [-0.25, -0.2) is 9.78 Å². The molecule has 0 spiro atoms. The number of urea groups is 1. The molecule has 2 aromatic carbocycles. The van der Waals surface area contributed by atoms with Gasteiger partial charge in [0, 0.05) is 13.6 Å². The molecule has 1 aliphatic heterocycles. The third-order valence-electron chi connectivity index (χ3n) is 5.36. The third kappa shape index (κ3) is 3.67. The lowest BCUT2D eigenvalue weighted by molar-refractivity contribution is 0.0443. The van der Waals surface area contributed by atoms with E-state index in [2.05, 4.69) is 40.0 Å². The lowest BCUT2D eigenvalue weighted by Crippen LogP contribution is -2.58. The van der Waals surface area contributed by atoms with Crippen molar-refractivity contribution in [2.75, 3.05) is 13.1 Å². The van der Waals surface area contributed by atoms with Crippen LogP contribution in [0.4, 0.5) is 4.79 Å². The van der Waals surface area contributed by atoms with Gasteiger partial charge in [0.15, 0.2) is 0 Å². The molecule has 1 aliphatic rings. The molecule has 0 atom stereocenters. The Kier molecular flexibility index (Phi) is 4.94. The lowest BCUT2D eigenvalue weighted by atomic mass is 10.1. The molecule has 28 heavy (non-hydrogen) atoms. The van der Waals surface area contributed by atoms with E-state index >= 15 is 0 Å². The van der Waals surface area contributed by atoms with Crippen LogP contribution in [0.5, 0.6) is 5.75 Å². The average Bonchev–Trinajstić information content (AvgIpc) is 2.96. The monoisotopic (exact) mass is 378 g/mol. The normalized spacial score (nSPS) is 14.2. The molecule has 1 saturated heterocycles. The second-order valence-electron chi connectivity index (χ2n) is 7.35. The number of hydrogen-bond donors (Lipinski definition) is 1. The fourth-order valence-electron chi connectivity index (χ4n) is 3.47. The van der Waals surface area contributed by atoms with E-state index in [0.717, 1.165) is 34.6 Å². The number of fused-ring (bicyclic) bond motifs is 1. The molecular weight excluding hydrogens is 352 g/mol. The van der Waals surface area contributed by atoms with Crippen molar-refractivity contribution in [3.8, 4) is 5.75 Å². The van der Waals surface area contributed by atoms with Gasteiger partial charge in [0.2, 0.25) is 0 Å². The van der Waals surface area contributed by atoms with Crippen molar-refractivity contribution in [3.05, 3.63) is 59.4 Å². The van der Waals surface area contributed by atoms with Gasteiger partial charge in [-0.05, 0) is 48.7 Å². The Bertz CT molecular complexity index is 1000. The summed E-state index contributed by atoms with van der Waals surface area (Å²) in [5.74, 6) is 1.86. The molecule has 4 rings (SSSR count). The minimum Gasteiger partial charge on any atom is -0.487 e. The summed E-state index contributed by atoms with van der Waals surface area (Å²) in [5, 5.41) is 2.99. The number of carbonyl (C=O) groups is 1. The molecule has 6 heteroatoms. The maximum atomic E-state index is 12.4. The highest BCUT2D eigenvalue weighted by atomic mass is 16.5. The summed E-state index contributed by atoms with van der Waals surface area (Å²) in [6.45, 7) is 5.83. The maximum absolute atomic E-state index is 12.4. The van der Waals surface area contributed by atoms with Crippen LogP contribution in [0.3, 0.4) is 0 Å². The Labute approximate surface area is 165 Å². The number of hydrogen-bond acceptors (Lipinski definition) is 3. The molecule has 0 radical (unpaired) electrons. The minimum absolute atomic E-state index is 0.0561. The van der Waals surface area contributed by atoms with Crippen LogP contribution in [0, 0.1) is 6.92 Å². The summed E-state index contributed by atoms with van der Waals surface area (Å²) < 4.78 is 8.03. The Morgan fingerprint density at radius 3 is 2.82 bits per heavy atom. The summed E-state index contributed by atoms with van der Waals surface area (Å²) in [4.78, 5) is 18.7. The van der Waals surface area contributed by atoms with E-state index in [9.17, 15) is 4.79 Å². The number of aromatic nitrogens is 2. The summed E-state index contributed by atoms with van der Waals surface area (Å²) in [6, 6.07) is 14.2. The number of aryl methyl sites for hydroxylation is 3. The van der Waals surface area contributed by atoms with Crippen molar-refractivity contribution in [3.63, 3.8) is 0 Å². The Hall–Kier alpha value is -3.02. The molecule has 1 aromatic heterocycles. The van der Waals surface area contributed by atoms with Crippen molar-refractivity contribution < 1.29 is 9.53 Å². The minimum atomic E-state index is -0.0561. The predicted octanol–water partition coefficient (Wildman–Crippen LogP) is 3.42. The van der Waals surface area contributed by atoms with E-state index in [-0.39, 0.29) is 12.1 Å². The average molecular weight is 378 g/mol. The van der Waals surface area contributed by atoms with E-state index < -0.39 is 0 Å². The Balaban J connectivity index is 1.27. The van der Waals surface area contributed by atoms with Crippen LogP contribution in [0.1, 0.15) is 23.9 Å². The first-order valence-corrected chi connectivity index (χ1v) is 9.74. The van der Waals surface area contributed by atoms with Crippen LogP contribution in [-0.2, 0) is 20.0 Å². The standard InChI is InChI=1S/C22H26N4O2/c1-4-16-6-5-7-18(10-16)28-19-13-26(14-19)22(27)23-12-17-8-9-21-20(11-17)24-15(2)25(21)3/h5-11,19H,4,12-14H2,1-3H3,(H,23,27). The van der Waals surface area contributed by atoms with Crippen LogP contribution in [0.2, 0.25) is 0 Å². The van der Waals surface area contributed by atoms with Crippen molar-refractivity contribution in [1.29, 1.82) is 0 Å². The number of rotatable bonds is 5. The molecule has 2 heterocycles. The van der Waals surface area contributed by atoms with E-state index in [1.165, 1.54) is 5.56 Å². The van der Waals surface area contributed by atoms with Gasteiger partial charge >= 0.3 is 6.03 Å². The molecule has 1 fully saturated rings. The number of carbonyl (C=O) groups excluding carboxylic acids is 1. The number of nitrogens with zero attached hydrogens (tertiary/aromatic N) is 3. The second-order valence-corrected chi connectivity index (χ2v) is 7.35. The Morgan fingerprint density at radius 2 is 2.04 bits per heavy atom. The summed E-state index contributed by atoms with van der Waals surface area (Å²) in [5.41, 5.74) is 4.36. The zero-order valence-electron chi connectivity index (χ0n) is 16.6. The van der Waals surface area contributed by atoms with Crippen molar-refractivity contribution in [2.45, 2.75) is 32.9 Å². The molecule has 146 valence electrons.